The summed E-state index contributed by atoms with van der Waals surface area (Å²) in [4.78, 5) is 27.6. The smallest absolute Gasteiger partial charge is 0.253 e. The maximum atomic E-state index is 13.9. The number of halogens is 2. The number of nitrogens with zero attached hydrogens (tertiary/aromatic N) is 3. The van der Waals surface area contributed by atoms with Crippen molar-refractivity contribution in [3.05, 3.63) is 64.9 Å². The van der Waals surface area contributed by atoms with Crippen LogP contribution >= 0.6 is 11.6 Å². The summed E-state index contributed by atoms with van der Waals surface area (Å²) in [5, 5.41) is 4.14. The van der Waals surface area contributed by atoms with Crippen molar-refractivity contribution in [2.75, 3.05) is 18.0 Å². The molecule has 2 amide bonds. The largest absolute Gasteiger partial charge is 0.274 e. The number of amides is 2. The third-order valence-electron chi connectivity index (χ3n) is 5.71. The number of hydrogen-bond acceptors (Lipinski definition) is 4. The van der Waals surface area contributed by atoms with Crippen molar-refractivity contribution < 1.29 is 14.0 Å². The van der Waals surface area contributed by atoms with Crippen LogP contribution in [0.25, 0.3) is 0 Å². The highest BCUT2D eigenvalue weighted by molar-refractivity contribution is 6.31. The number of anilines is 1. The van der Waals surface area contributed by atoms with E-state index in [1.54, 1.807) is 0 Å². The lowest BCUT2D eigenvalue weighted by Crippen LogP contribution is -2.44. The molecule has 5 rings (SSSR count). The van der Waals surface area contributed by atoms with Crippen molar-refractivity contribution in [2.24, 2.45) is 5.92 Å². The predicted molar refractivity (Wildman–Crippen MR) is 98.4 cm³/mol. The summed E-state index contributed by atoms with van der Waals surface area (Å²) in [5.74, 6) is -1.72. The molecule has 0 radical (unpaired) electrons. The van der Waals surface area contributed by atoms with Crippen molar-refractivity contribution >= 4 is 29.1 Å². The normalized spacial score (nSPS) is 28.1. The SMILES string of the molecule is O=C1C2C(C(=O)N1c1ccc(Cl)c(F)c1)N1CCCN1C2c1ccccc1. The zero-order valence-corrected chi connectivity index (χ0v) is 15.1. The molecule has 3 heterocycles. The Morgan fingerprint density at radius 2 is 1.63 bits per heavy atom. The Morgan fingerprint density at radius 1 is 0.926 bits per heavy atom. The minimum absolute atomic E-state index is 0.0362. The van der Waals surface area contributed by atoms with Gasteiger partial charge < -0.3 is 0 Å². The Morgan fingerprint density at radius 3 is 2.33 bits per heavy atom. The average molecular weight is 386 g/mol. The van der Waals surface area contributed by atoms with Crippen LogP contribution in [0.3, 0.4) is 0 Å². The molecule has 3 aliphatic rings. The number of fused-ring (bicyclic) bond motifs is 3. The number of hydrogen-bond donors (Lipinski definition) is 0. The molecular formula is C20H17ClFN3O2. The molecule has 138 valence electrons. The van der Waals surface area contributed by atoms with Crippen LogP contribution in [0.5, 0.6) is 0 Å². The predicted octanol–water partition coefficient (Wildman–Crippen LogP) is 3.01. The van der Waals surface area contributed by atoms with Crippen LogP contribution in [0, 0.1) is 11.7 Å². The number of carbonyl (C=O) groups excluding carboxylic acids is 2. The van der Waals surface area contributed by atoms with Gasteiger partial charge in [0.15, 0.2) is 0 Å². The zero-order valence-electron chi connectivity index (χ0n) is 14.4. The molecule has 0 spiro atoms. The van der Waals surface area contributed by atoms with Crippen LogP contribution in [0.15, 0.2) is 48.5 Å². The molecule has 3 saturated heterocycles. The average Bonchev–Trinajstić information content (AvgIpc) is 3.31. The van der Waals surface area contributed by atoms with Crippen molar-refractivity contribution in [2.45, 2.75) is 18.5 Å². The molecule has 0 aliphatic carbocycles. The third kappa shape index (κ3) is 2.37. The van der Waals surface area contributed by atoms with Gasteiger partial charge in [0.1, 0.15) is 11.9 Å². The molecule has 2 aromatic carbocycles. The number of rotatable bonds is 2. The van der Waals surface area contributed by atoms with Crippen molar-refractivity contribution in [3.8, 4) is 0 Å². The molecule has 3 atom stereocenters. The Labute approximate surface area is 160 Å². The molecule has 3 fully saturated rings. The van der Waals surface area contributed by atoms with E-state index in [0.29, 0.717) is 0 Å². The van der Waals surface area contributed by atoms with E-state index >= 15 is 0 Å². The summed E-state index contributed by atoms with van der Waals surface area (Å²) in [6.07, 6.45) is 0.948. The fourth-order valence-corrected chi connectivity index (χ4v) is 4.76. The van der Waals surface area contributed by atoms with E-state index in [1.807, 2.05) is 35.3 Å². The van der Waals surface area contributed by atoms with Crippen molar-refractivity contribution in [1.82, 2.24) is 10.0 Å². The van der Waals surface area contributed by atoms with E-state index in [4.69, 9.17) is 11.6 Å². The van der Waals surface area contributed by atoms with Crippen LogP contribution < -0.4 is 4.90 Å². The molecule has 2 aromatic rings. The van der Waals surface area contributed by atoms with Gasteiger partial charge in [-0.2, -0.15) is 0 Å². The Hall–Kier alpha value is -2.28. The van der Waals surface area contributed by atoms with Crippen LogP contribution in [0.4, 0.5) is 10.1 Å². The lowest BCUT2D eigenvalue weighted by Gasteiger charge is -2.29. The quantitative estimate of drug-likeness (QED) is 0.745. The summed E-state index contributed by atoms with van der Waals surface area (Å²) >= 11 is 5.75. The van der Waals surface area contributed by atoms with Gasteiger partial charge in [0.25, 0.3) is 5.91 Å². The highest BCUT2D eigenvalue weighted by atomic mass is 35.5. The maximum Gasteiger partial charge on any atom is 0.253 e. The van der Waals surface area contributed by atoms with E-state index in [0.717, 1.165) is 36.0 Å². The van der Waals surface area contributed by atoms with Crippen molar-refractivity contribution in [3.63, 3.8) is 0 Å². The number of benzene rings is 2. The molecular weight excluding hydrogens is 369 g/mol. The first-order chi connectivity index (χ1) is 13.1. The van der Waals surface area contributed by atoms with Crippen molar-refractivity contribution in [1.29, 1.82) is 0 Å². The molecule has 0 aromatic heterocycles. The fourth-order valence-electron chi connectivity index (χ4n) is 4.64. The summed E-state index contributed by atoms with van der Waals surface area (Å²) < 4.78 is 13.9. The van der Waals surface area contributed by atoms with E-state index in [9.17, 15) is 14.0 Å². The Bertz CT molecular complexity index is 938. The van der Waals surface area contributed by atoms with Crippen LogP contribution in [0.2, 0.25) is 5.02 Å². The van der Waals surface area contributed by atoms with Gasteiger partial charge in [0.2, 0.25) is 5.91 Å². The number of carbonyl (C=O) groups is 2. The van der Waals surface area contributed by atoms with Gasteiger partial charge >= 0.3 is 0 Å². The highest BCUT2D eigenvalue weighted by Gasteiger charge is 2.62. The highest BCUT2D eigenvalue weighted by Crippen LogP contribution is 2.48. The topological polar surface area (TPSA) is 43.9 Å². The summed E-state index contributed by atoms with van der Waals surface area (Å²) in [6.45, 7) is 1.56. The van der Waals surface area contributed by atoms with Gasteiger partial charge in [0.05, 0.1) is 22.7 Å². The Balaban J connectivity index is 1.59. The second-order valence-electron chi connectivity index (χ2n) is 7.12. The molecule has 7 heteroatoms. The van der Waals surface area contributed by atoms with Gasteiger partial charge in [-0.25, -0.2) is 19.3 Å². The monoisotopic (exact) mass is 385 g/mol. The second-order valence-corrected chi connectivity index (χ2v) is 7.52. The standard InChI is InChI=1S/C20H17ClFN3O2/c21-14-8-7-13(11-15(14)22)25-19(26)16-17(12-5-2-1-3-6-12)23-9-4-10-24(23)18(16)20(25)27/h1-3,5-8,11,16-18H,4,9-10H2. The number of hydrazine groups is 1. The molecule has 27 heavy (non-hydrogen) atoms. The first kappa shape index (κ1) is 16.9. The van der Waals surface area contributed by atoms with E-state index in [-0.39, 0.29) is 28.6 Å². The van der Waals surface area contributed by atoms with Gasteiger partial charge in [-0.15, -0.1) is 0 Å². The van der Waals surface area contributed by atoms with E-state index < -0.39 is 17.8 Å². The van der Waals surface area contributed by atoms with E-state index in [2.05, 4.69) is 5.01 Å². The van der Waals surface area contributed by atoms with Crippen LogP contribution in [-0.2, 0) is 9.59 Å². The molecule has 0 N–H and O–H groups in total. The minimum atomic E-state index is -0.644. The molecule has 0 bridgehead atoms. The summed E-state index contributed by atoms with van der Waals surface area (Å²) in [5.41, 5.74) is 1.25. The molecule has 0 saturated carbocycles. The molecule has 3 aliphatic heterocycles. The van der Waals surface area contributed by atoms with E-state index in [1.165, 1.54) is 12.1 Å². The van der Waals surface area contributed by atoms with Crippen LogP contribution in [0.1, 0.15) is 18.0 Å². The summed E-state index contributed by atoms with van der Waals surface area (Å²) in [6, 6.07) is 13.1. The lowest BCUT2D eigenvalue weighted by molar-refractivity contribution is -0.126. The Kier molecular flexibility index (Phi) is 3.82. The first-order valence-corrected chi connectivity index (χ1v) is 9.37. The maximum absolute atomic E-state index is 13.9. The zero-order chi connectivity index (χ0) is 18.7. The van der Waals surface area contributed by atoms with Gasteiger partial charge in [-0.3, -0.25) is 9.59 Å². The van der Waals surface area contributed by atoms with Crippen LogP contribution in [-0.4, -0.2) is 41.0 Å². The second kappa shape index (κ2) is 6.12. The van der Waals surface area contributed by atoms with Gasteiger partial charge in [0, 0.05) is 13.1 Å². The molecule has 5 nitrogen and oxygen atoms in total. The lowest BCUT2D eigenvalue weighted by atomic mass is 9.90. The number of imide groups is 1. The minimum Gasteiger partial charge on any atom is -0.274 e. The third-order valence-corrected chi connectivity index (χ3v) is 6.01. The fraction of sp³-hybridized carbons (Fsp3) is 0.300. The van der Waals surface area contributed by atoms with Gasteiger partial charge in [-0.05, 0) is 30.2 Å². The molecule has 3 unspecified atom stereocenters. The summed E-state index contributed by atoms with van der Waals surface area (Å²) in [7, 11) is 0. The van der Waals surface area contributed by atoms with Gasteiger partial charge in [-0.1, -0.05) is 41.9 Å². The first-order valence-electron chi connectivity index (χ1n) is 8.99.